The van der Waals surface area contributed by atoms with Crippen molar-refractivity contribution in [3.63, 3.8) is 0 Å². The van der Waals surface area contributed by atoms with Crippen molar-refractivity contribution in [3.05, 3.63) is 0 Å². The number of fused-ring (bicyclic) bond motifs is 1. The lowest BCUT2D eigenvalue weighted by Gasteiger charge is -2.29. The Morgan fingerprint density at radius 3 is 3.09 bits per heavy atom. The van der Waals surface area contributed by atoms with Crippen LogP contribution in [0.2, 0.25) is 5.82 Å². The number of nitrogens with zero attached hydrogens (tertiary/aromatic N) is 1. The van der Waals surface area contributed by atoms with Gasteiger partial charge in [-0.25, -0.2) is 0 Å². The summed E-state index contributed by atoms with van der Waals surface area (Å²) < 4.78 is 0. The van der Waals surface area contributed by atoms with Gasteiger partial charge in [0.2, 0.25) is 0 Å². The molecule has 2 aliphatic rings. The average molecular weight is 151 g/mol. The molecule has 2 fully saturated rings. The Morgan fingerprint density at radius 1 is 1.64 bits per heavy atom. The van der Waals surface area contributed by atoms with Crippen LogP contribution in [0.4, 0.5) is 0 Å². The summed E-state index contributed by atoms with van der Waals surface area (Å²) in [5, 5.41) is 9.25. The van der Waals surface area contributed by atoms with Crippen LogP contribution in [0.5, 0.6) is 0 Å². The normalized spacial score (nSPS) is 44.6. The van der Waals surface area contributed by atoms with Crippen molar-refractivity contribution in [1.82, 2.24) is 4.90 Å². The van der Waals surface area contributed by atoms with E-state index in [1.807, 2.05) is 0 Å². The van der Waals surface area contributed by atoms with Gasteiger partial charge in [0.1, 0.15) is 0 Å². The summed E-state index contributed by atoms with van der Waals surface area (Å²) in [6, 6.07) is 0. The zero-order chi connectivity index (χ0) is 7.90. The first kappa shape index (κ1) is 7.62. The lowest BCUT2D eigenvalue weighted by atomic mass is 9.80. The fourth-order valence-corrected chi connectivity index (χ4v) is 2.59. The van der Waals surface area contributed by atoms with E-state index in [0.717, 1.165) is 25.9 Å². The molecule has 2 heterocycles. The van der Waals surface area contributed by atoms with Crippen molar-refractivity contribution < 1.29 is 5.11 Å². The summed E-state index contributed by atoms with van der Waals surface area (Å²) in [6.07, 6.45) is 3.36. The maximum absolute atomic E-state index is 9.25. The molecule has 2 radical (unpaired) electrons. The van der Waals surface area contributed by atoms with Gasteiger partial charge in [0.05, 0.1) is 14.5 Å². The molecule has 60 valence electrons. The standard InChI is InChI=1S/C8H14BNO/c9-7-4-8(6-11)2-1-3-10(8)5-7/h7,11H,1-6H2. The topological polar surface area (TPSA) is 23.5 Å². The quantitative estimate of drug-likeness (QED) is 0.540. The van der Waals surface area contributed by atoms with Gasteiger partial charge in [-0.1, -0.05) is 5.82 Å². The minimum atomic E-state index is 0.0828. The molecule has 2 rings (SSSR count). The van der Waals surface area contributed by atoms with Gasteiger partial charge in [-0.2, -0.15) is 0 Å². The Kier molecular flexibility index (Phi) is 1.73. The summed E-state index contributed by atoms with van der Waals surface area (Å²) in [6.45, 7) is 2.41. The molecular formula is C8H14BNO. The summed E-state index contributed by atoms with van der Waals surface area (Å²) >= 11 is 0. The first-order valence-corrected chi connectivity index (χ1v) is 4.38. The maximum Gasteiger partial charge on any atom is 0.0717 e. The van der Waals surface area contributed by atoms with Crippen molar-refractivity contribution in [2.24, 2.45) is 0 Å². The molecule has 0 aromatic carbocycles. The third-order valence-corrected chi connectivity index (χ3v) is 3.13. The van der Waals surface area contributed by atoms with Gasteiger partial charge >= 0.3 is 0 Å². The smallest absolute Gasteiger partial charge is 0.0717 e. The van der Waals surface area contributed by atoms with Gasteiger partial charge < -0.3 is 5.11 Å². The minimum Gasteiger partial charge on any atom is -0.394 e. The molecule has 0 amide bonds. The molecule has 2 nitrogen and oxygen atoms in total. The Balaban J connectivity index is 2.15. The molecule has 2 atom stereocenters. The van der Waals surface area contributed by atoms with Crippen LogP contribution >= 0.6 is 0 Å². The van der Waals surface area contributed by atoms with Gasteiger partial charge in [-0.3, -0.25) is 4.90 Å². The molecule has 0 aromatic heterocycles. The highest BCUT2D eigenvalue weighted by Crippen LogP contribution is 2.42. The molecule has 0 aromatic rings. The number of aliphatic hydroxyl groups excluding tert-OH is 1. The number of aliphatic hydroxyl groups is 1. The average Bonchev–Trinajstić information content (AvgIpc) is 2.43. The Morgan fingerprint density at radius 2 is 2.45 bits per heavy atom. The van der Waals surface area contributed by atoms with Crippen LogP contribution in [-0.2, 0) is 0 Å². The van der Waals surface area contributed by atoms with Gasteiger partial charge in [0, 0.05) is 5.54 Å². The number of rotatable bonds is 1. The molecule has 2 aliphatic heterocycles. The van der Waals surface area contributed by atoms with Gasteiger partial charge in [0.25, 0.3) is 0 Å². The fourth-order valence-electron chi connectivity index (χ4n) is 2.59. The summed E-state index contributed by atoms with van der Waals surface area (Å²) in [7, 11) is 5.83. The van der Waals surface area contributed by atoms with Crippen molar-refractivity contribution in [3.8, 4) is 0 Å². The zero-order valence-corrected chi connectivity index (χ0v) is 6.79. The summed E-state index contributed by atoms with van der Waals surface area (Å²) in [5.74, 6) is 0.294. The van der Waals surface area contributed by atoms with Crippen LogP contribution < -0.4 is 0 Å². The summed E-state index contributed by atoms with van der Waals surface area (Å²) in [4.78, 5) is 2.36. The van der Waals surface area contributed by atoms with Crippen molar-refractivity contribution in [2.75, 3.05) is 19.7 Å². The zero-order valence-electron chi connectivity index (χ0n) is 6.79. The van der Waals surface area contributed by atoms with Gasteiger partial charge in [-0.15, -0.1) is 0 Å². The highest BCUT2D eigenvalue weighted by atomic mass is 16.3. The van der Waals surface area contributed by atoms with E-state index in [1.165, 1.54) is 6.42 Å². The van der Waals surface area contributed by atoms with E-state index in [4.69, 9.17) is 7.85 Å². The Hall–Kier alpha value is -0.0151. The van der Waals surface area contributed by atoms with E-state index in [9.17, 15) is 5.11 Å². The first-order valence-electron chi connectivity index (χ1n) is 4.38. The Bertz CT molecular complexity index is 164. The predicted molar refractivity (Wildman–Crippen MR) is 44.7 cm³/mol. The fraction of sp³-hybridized carbons (Fsp3) is 1.00. The lowest BCUT2D eigenvalue weighted by Crippen LogP contribution is -2.41. The van der Waals surface area contributed by atoms with Gasteiger partial charge in [-0.05, 0) is 32.4 Å². The van der Waals surface area contributed by atoms with Crippen molar-refractivity contribution >= 4 is 7.85 Å². The molecular weight excluding hydrogens is 137 g/mol. The highest BCUT2D eigenvalue weighted by molar-refractivity contribution is 6.12. The number of hydrogen-bond donors (Lipinski definition) is 1. The van der Waals surface area contributed by atoms with Crippen LogP contribution in [0.1, 0.15) is 19.3 Å². The molecule has 0 bridgehead atoms. The molecule has 3 heteroatoms. The Labute approximate surface area is 69.0 Å². The molecule has 1 N–H and O–H groups in total. The number of hydrogen-bond acceptors (Lipinski definition) is 2. The van der Waals surface area contributed by atoms with E-state index in [0.29, 0.717) is 12.4 Å². The SMILES string of the molecule is [B]C1CN2CCCC2(CO)C1. The van der Waals surface area contributed by atoms with Gasteiger partial charge in [0.15, 0.2) is 0 Å². The minimum absolute atomic E-state index is 0.0828. The van der Waals surface area contributed by atoms with Crippen molar-refractivity contribution in [1.29, 1.82) is 0 Å². The molecule has 2 saturated heterocycles. The summed E-state index contributed by atoms with van der Waals surface area (Å²) in [5.41, 5.74) is 0.0828. The first-order chi connectivity index (χ1) is 5.27. The molecule has 11 heavy (non-hydrogen) atoms. The van der Waals surface area contributed by atoms with Crippen LogP contribution in [0.25, 0.3) is 0 Å². The largest absolute Gasteiger partial charge is 0.394 e. The lowest BCUT2D eigenvalue weighted by molar-refractivity contribution is 0.0999. The third kappa shape index (κ3) is 1.02. The molecule has 0 spiro atoms. The molecule has 0 saturated carbocycles. The van der Waals surface area contributed by atoms with E-state index in [-0.39, 0.29) is 5.54 Å². The predicted octanol–water partition coefficient (Wildman–Crippen LogP) is 0.174. The van der Waals surface area contributed by atoms with E-state index in [2.05, 4.69) is 4.90 Å². The molecule has 0 aliphatic carbocycles. The second kappa shape index (κ2) is 2.49. The second-order valence-corrected chi connectivity index (χ2v) is 3.90. The van der Waals surface area contributed by atoms with E-state index >= 15 is 0 Å². The highest BCUT2D eigenvalue weighted by Gasteiger charge is 2.45. The molecule has 2 unspecified atom stereocenters. The van der Waals surface area contributed by atoms with Crippen LogP contribution in [-0.4, -0.2) is 43.1 Å². The maximum atomic E-state index is 9.25. The van der Waals surface area contributed by atoms with Crippen molar-refractivity contribution in [2.45, 2.75) is 30.6 Å². The monoisotopic (exact) mass is 151 g/mol. The van der Waals surface area contributed by atoms with E-state index in [1.54, 1.807) is 0 Å². The van der Waals surface area contributed by atoms with Crippen LogP contribution in [0.3, 0.4) is 0 Å². The van der Waals surface area contributed by atoms with E-state index < -0.39 is 0 Å². The third-order valence-electron chi connectivity index (χ3n) is 3.13. The van der Waals surface area contributed by atoms with Crippen LogP contribution in [0, 0.1) is 0 Å². The second-order valence-electron chi connectivity index (χ2n) is 3.90. The van der Waals surface area contributed by atoms with Crippen LogP contribution in [0.15, 0.2) is 0 Å².